The Bertz CT molecular complexity index is 1400. The summed E-state index contributed by atoms with van der Waals surface area (Å²) >= 11 is 5.75. The van der Waals surface area contributed by atoms with E-state index >= 15 is 4.39 Å². The first-order valence-electron chi connectivity index (χ1n) is 12.5. The van der Waals surface area contributed by atoms with Crippen LogP contribution in [0.4, 0.5) is 21.6 Å². The number of carbonyl (C=O) groups excluding carboxylic acids is 1. The largest absolute Gasteiger partial charge is 0.490 e. The van der Waals surface area contributed by atoms with Crippen LogP contribution < -0.4 is 14.5 Å². The third kappa shape index (κ3) is 4.73. The normalized spacial score (nSPS) is 16.0. The second-order valence-electron chi connectivity index (χ2n) is 9.44. The molecule has 0 radical (unpaired) electrons. The molecule has 0 unspecified atom stereocenters. The lowest BCUT2D eigenvalue weighted by Crippen LogP contribution is -2.55. The molecular formula is C29H27FN4O3S. The molecule has 2 fully saturated rings. The van der Waals surface area contributed by atoms with E-state index in [1.165, 1.54) is 17.2 Å². The van der Waals surface area contributed by atoms with Crippen molar-refractivity contribution in [2.45, 2.75) is 44.8 Å². The van der Waals surface area contributed by atoms with Gasteiger partial charge < -0.3 is 19.2 Å². The molecule has 1 saturated heterocycles. The van der Waals surface area contributed by atoms with E-state index < -0.39 is 11.4 Å². The first-order valence-corrected chi connectivity index (χ1v) is 12.9. The molecule has 1 aliphatic carbocycles. The van der Waals surface area contributed by atoms with E-state index in [2.05, 4.69) is 9.83 Å². The molecule has 0 atom stereocenters. The van der Waals surface area contributed by atoms with Crippen LogP contribution in [0.25, 0.3) is 4.85 Å². The fraction of sp³-hybridized carbons (Fsp3) is 0.310. The number of hydrogen-bond acceptors (Lipinski definition) is 5. The van der Waals surface area contributed by atoms with E-state index in [1.807, 2.05) is 30.3 Å². The Hall–Kier alpha value is -3.87. The molecule has 1 spiro atoms. The molecule has 0 bridgehead atoms. The second kappa shape index (κ2) is 10.9. The summed E-state index contributed by atoms with van der Waals surface area (Å²) in [5, 5.41) is 0.273. The number of benzene rings is 2. The van der Waals surface area contributed by atoms with Gasteiger partial charge in [0.25, 0.3) is 11.7 Å². The summed E-state index contributed by atoms with van der Waals surface area (Å²) in [6.45, 7) is 10.3. The van der Waals surface area contributed by atoms with E-state index in [9.17, 15) is 4.79 Å². The summed E-state index contributed by atoms with van der Waals surface area (Å²) in [6.07, 6.45) is 4.23. The summed E-state index contributed by atoms with van der Waals surface area (Å²) in [4.78, 5) is 24.4. The number of rotatable bonds is 9. The number of nitrogens with zero attached hydrogens (tertiary/aromatic N) is 4. The number of pyridine rings is 1. The third-order valence-electron chi connectivity index (χ3n) is 6.97. The highest BCUT2D eigenvalue weighted by atomic mass is 32.1. The Morgan fingerprint density at radius 3 is 2.58 bits per heavy atom. The molecule has 0 N–H and O–H groups in total. The van der Waals surface area contributed by atoms with Gasteiger partial charge in [-0.25, -0.2) is 4.39 Å². The Morgan fingerprint density at radius 1 is 1.13 bits per heavy atom. The highest BCUT2D eigenvalue weighted by Crippen LogP contribution is 2.48. The minimum Gasteiger partial charge on any atom is -0.490 e. The van der Waals surface area contributed by atoms with Crippen molar-refractivity contribution in [3.05, 3.63) is 89.2 Å². The van der Waals surface area contributed by atoms with Gasteiger partial charge in [-0.05, 0) is 67.7 Å². The average molecular weight is 531 g/mol. The zero-order chi connectivity index (χ0) is 26.7. The van der Waals surface area contributed by atoms with E-state index in [4.69, 9.17) is 28.3 Å². The molecule has 2 aromatic carbocycles. The molecule has 1 aromatic heterocycles. The minimum absolute atomic E-state index is 0.141. The zero-order valence-corrected chi connectivity index (χ0v) is 21.8. The number of thiocarbonyl (C=S) groups is 1. The van der Waals surface area contributed by atoms with E-state index in [0.29, 0.717) is 56.0 Å². The van der Waals surface area contributed by atoms with Crippen LogP contribution in [-0.4, -0.2) is 34.8 Å². The number of amides is 1. The van der Waals surface area contributed by atoms with Crippen molar-refractivity contribution >= 4 is 40.4 Å². The number of ether oxygens (including phenoxy) is 2. The van der Waals surface area contributed by atoms with Gasteiger partial charge in [0.2, 0.25) is 0 Å². The van der Waals surface area contributed by atoms with Crippen LogP contribution >= 0.6 is 12.2 Å². The number of carbonyl (C=O) groups is 1. The van der Waals surface area contributed by atoms with Crippen LogP contribution in [-0.2, 0) is 16.1 Å². The van der Waals surface area contributed by atoms with Crippen molar-refractivity contribution in [2.24, 2.45) is 0 Å². The van der Waals surface area contributed by atoms with Gasteiger partial charge in [0, 0.05) is 18.2 Å². The monoisotopic (exact) mass is 530 g/mol. The second-order valence-corrected chi connectivity index (χ2v) is 9.81. The molecule has 2 aliphatic rings. The van der Waals surface area contributed by atoms with Gasteiger partial charge >= 0.3 is 0 Å². The number of aromatic nitrogens is 1. The Balaban J connectivity index is 1.26. The van der Waals surface area contributed by atoms with E-state index in [1.54, 1.807) is 30.0 Å². The van der Waals surface area contributed by atoms with Crippen molar-refractivity contribution in [2.75, 3.05) is 23.0 Å². The molecule has 38 heavy (non-hydrogen) atoms. The summed E-state index contributed by atoms with van der Waals surface area (Å²) in [5.74, 6) is -0.249. The van der Waals surface area contributed by atoms with E-state index in [-0.39, 0.29) is 22.6 Å². The molecule has 1 amide bonds. The Labute approximate surface area is 226 Å². The lowest BCUT2D eigenvalue weighted by atomic mass is 9.75. The lowest BCUT2D eigenvalue weighted by molar-refractivity contribution is -0.123. The zero-order valence-electron chi connectivity index (χ0n) is 21.0. The SMILES string of the molecule is [C-]#[N+]c1ncc(N2C(=O)C3(CCC3)N(c3ccc(OCCCOCc4ccccc4)c(F)c3)C2=S)cc1C. The standard InChI is InChI=1S/C29H27FN4O3S/c1-20-16-23(18-32-26(20)31-2)33-27(35)29(12-6-13-29)34(28(33)38)22-10-11-25(24(30)17-22)37-15-7-14-36-19-21-8-4-3-5-9-21/h3-5,8-11,16-18H,6-7,12-15,19H2,1H3. The molecule has 7 nitrogen and oxygen atoms in total. The number of anilines is 2. The molecule has 194 valence electrons. The first kappa shape index (κ1) is 25.8. The molecular weight excluding hydrogens is 503 g/mol. The van der Waals surface area contributed by atoms with Crippen LogP contribution in [0.15, 0.2) is 60.8 Å². The van der Waals surface area contributed by atoms with Gasteiger partial charge in [-0.1, -0.05) is 36.9 Å². The summed E-state index contributed by atoms with van der Waals surface area (Å²) in [6, 6.07) is 16.3. The number of aryl methyl sites for hydroxylation is 1. The van der Waals surface area contributed by atoms with Crippen LogP contribution in [0.1, 0.15) is 36.8 Å². The maximum Gasteiger partial charge on any atom is 0.272 e. The Morgan fingerprint density at radius 2 is 1.92 bits per heavy atom. The summed E-state index contributed by atoms with van der Waals surface area (Å²) < 4.78 is 26.4. The van der Waals surface area contributed by atoms with Gasteiger partial charge in [-0.15, -0.1) is 4.98 Å². The van der Waals surface area contributed by atoms with Gasteiger partial charge in [-0.3, -0.25) is 9.69 Å². The fourth-order valence-electron chi connectivity index (χ4n) is 4.85. The lowest BCUT2D eigenvalue weighted by Gasteiger charge is -2.43. The predicted molar refractivity (Wildman–Crippen MR) is 147 cm³/mol. The van der Waals surface area contributed by atoms with Crippen LogP contribution in [0.2, 0.25) is 0 Å². The highest BCUT2D eigenvalue weighted by molar-refractivity contribution is 7.81. The fourth-order valence-corrected chi connectivity index (χ4v) is 5.32. The van der Waals surface area contributed by atoms with Crippen LogP contribution in [0.5, 0.6) is 5.75 Å². The van der Waals surface area contributed by atoms with Crippen molar-refractivity contribution in [3.8, 4) is 5.75 Å². The summed E-state index contributed by atoms with van der Waals surface area (Å²) in [7, 11) is 0. The third-order valence-corrected chi connectivity index (χ3v) is 7.33. The number of hydrogen-bond donors (Lipinski definition) is 0. The van der Waals surface area contributed by atoms with Gasteiger partial charge in [-0.2, -0.15) is 0 Å². The maximum atomic E-state index is 15.1. The Kier molecular flexibility index (Phi) is 7.36. The predicted octanol–water partition coefficient (Wildman–Crippen LogP) is 6.13. The van der Waals surface area contributed by atoms with Gasteiger partial charge in [0.1, 0.15) is 11.7 Å². The van der Waals surface area contributed by atoms with Crippen LogP contribution in [0, 0.1) is 19.3 Å². The smallest absolute Gasteiger partial charge is 0.272 e. The van der Waals surface area contributed by atoms with Crippen molar-refractivity contribution in [1.82, 2.24) is 4.98 Å². The number of halogens is 1. The molecule has 1 saturated carbocycles. The summed E-state index contributed by atoms with van der Waals surface area (Å²) in [5.41, 5.74) is 1.93. The molecule has 9 heteroatoms. The highest BCUT2D eigenvalue weighted by Gasteiger charge is 2.59. The first-order chi connectivity index (χ1) is 18.4. The maximum absolute atomic E-state index is 15.1. The molecule has 2 heterocycles. The molecule has 5 rings (SSSR count). The van der Waals surface area contributed by atoms with Crippen molar-refractivity contribution in [1.29, 1.82) is 0 Å². The van der Waals surface area contributed by atoms with Gasteiger partial charge in [0.15, 0.2) is 16.7 Å². The van der Waals surface area contributed by atoms with Crippen LogP contribution in [0.3, 0.4) is 0 Å². The molecule has 3 aromatic rings. The average Bonchev–Trinajstić information content (AvgIpc) is 3.14. The topological polar surface area (TPSA) is 59.3 Å². The minimum atomic E-state index is -0.839. The van der Waals surface area contributed by atoms with Crippen molar-refractivity contribution < 1.29 is 18.7 Å². The van der Waals surface area contributed by atoms with E-state index in [0.717, 1.165) is 12.0 Å². The quantitative estimate of drug-likeness (QED) is 0.189. The molecule has 1 aliphatic heterocycles. The van der Waals surface area contributed by atoms with Crippen molar-refractivity contribution in [3.63, 3.8) is 0 Å². The van der Waals surface area contributed by atoms with Gasteiger partial charge in [0.05, 0.1) is 25.5 Å².